The molecule has 0 aliphatic carbocycles. The molecule has 3 heterocycles. The largest absolute Gasteiger partial charge is 0.334 e. The molecular formula is C15H16N4S. The van der Waals surface area contributed by atoms with Crippen LogP contribution in [0, 0.1) is 6.92 Å². The predicted octanol–water partition coefficient (Wildman–Crippen LogP) is 3.67. The molecule has 1 N–H and O–H groups in total. The molecule has 1 aromatic carbocycles. The number of thiazole rings is 1. The Morgan fingerprint density at radius 1 is 1.30 bits per heavy atom. The number of fused-ring (bicyclic) bond motifs is 1. The van der Waals surface area contributed by atoms with Crippen LogP contribution in [0.3, 0.4) is 0 Å². The number of imidazole rings is 1. The third-order valence-electron chi connectivity index (χ3n) is 3.88. The van der Waals surface area contributed by atoms with E-state index in [-0.39, 0.29) is 0 Å². The number of hydrogen-bond donors (Lipinski definition) is 1. The molecule has 0 bridgehead atoms. The summed E-state index contributed by atoms with van der Waals surface area (Å²) in [6.07, 6.45) is 2.35. The van der Waals surface area contributed by atoms with Gasteiger partial charge < -0.3 is 9.88 Å². The number of nitrogens with zero attached hydrogens (tertiary/aromatic N) is 3. The number of anilines is 1. The zero-order valence-corrected chi connectivity index (χ0v) is 12.2. The smallest absolute Gasteiger partial charge is 0.204 e. The Labute approximate surface area is 121 Å². The van der Waals surface area contributed by atoms with Crippen molar-refractivity contribution in [3.05, 3.63) is 40.3 Å². The highest BCUT2D eigenvalue weighted by Crippen LogP contribution is 2.35. The lowest BCUT2D eigenvalue weighted by Crippen LogP contribution is -2.23. The van der Waals surface area contributed by atoms with Gasteiger partial charge in [0.25, 0.3) is 0 Å². The Balaban J connectivity index is 1.72. The van der Waals surface area contributed by atoms with E-state index in [9.17, 15) is 0 Å². The number of rotatable bonds is 2. The van der Waals surface area contributed by atoms with Crippen molar-refractivity contribution in [2.24, 2.45) is 0 Å². The second-order valence-electron chi connectivity index (χ2n) is 5.22. The molecule has 0 unspecified atom stereocenters. The van der Waals surface area contributed by atoms with Crippen LogP contribution in [0.2, 0.25) is 0 Å². The lowest BCUT2D eigenvalue weighted by atomic mass is 10.2. The van der Waals surface area contributed by atoms with E-state index in [0.29, 0.717) is 6.04 Å². The predicted molar refractivity (Wildman–Crippen MR) is 82.3 cm³/mol. The van der Waals surface area contributed by atoms with Crippen LogP contribution in [-0.2, 0) is 0 Å². The van der Waals surface area contributed by atoms with Gasteiger partial charge in [0.1, 0.15) is 0 Å². The van der Waals surface area contributed by atoms with E-state index in [1.165, 1.54) is 12.1 Å². The molecule has 5 heteroatoms. The third-order valence-corrected chi connectivity index (χ3v) is 4.67. The number of H-pyrrole nitrogens is 1. The zero-order valence-electron chi connectivity index (χ0n) is 11.3. The first kappa shape index (κ1) is 11.9. The molecule has 20 heavy (non-hydrogen) atoms. The fraction of sp³-hybridized carbons (Fsp3) is 0.333. The molecule has 3 aromatic rings. The van der Waals surface area contributed by atoms with Crippen LogP contribution in [0.25, 0.3) is 11.0 Å². The van der Waals surface area contributed by atoms with Crippen LogP contribution in [0.15, 0.2) is 29.6 Å². The van der Waals surface area contributed by atoms with Crippen molar-refractivity contribution in [2.75, 3.05) is 11.4 Å². The number of nitrogens with one attached hydrogen (secondary N) is 1. The number of benzene rings is 1. The Bertz CT molecular complexity index is 712. The van der Waals surface area contributed by atoms with Crippen LogP contribution in [0.1, 0.15) is 29.6 Å². The van der Waals surface area contributed by atoms with Crippen molar-refractivity contribution < 1.29 is 0 Å². The summed E-state index contributed by atoms with van der Waals surface area (Å²) in [6, 6.07) is 8.55. The molecule has 1 aliphatic rings. The molecular weight excluding hydrogens is 268 g/mol. The summed E-state index contributed by atoms with van der Waals surface area (Å²) in [4.78, 5) is 15.2. The number of hydrogen-bond acceptors (Lipinski definition) is 4. The summed E-state index contributed by atoms with van der Waals surface area (Å²) in [5, 5.41) is 3.32. The van der Waals surface area contributed by atoms with Gasteiger partial charge in [0, 0.05) is 11.9 Å². The van der Waals surface area contributed by atoms with Crippen LogP contribution >= 0.6 is 11.3 Å². The van der Waals surface area contributed by atoms with Gasteiger partial charge in [-0.05, 0) is 31.9 Å². The van der Waals surface area contributed by atoms with E-state index in [0.717, 1.165) is 35.0 Å². The van der Waals surface area contributed by atoms with Gasteiger partial charge in [-0.2, -0.15) is 0 Å². The van der Waals surface area contributed by atoms with Gasteiger partial charge in [-0.15, -0.1) is 11.3 Å². The highest BCUT2D eigenvalue weighted by atomic mass is 32.1. The average molecular weight is 284 g/mol. The molecule has 0 spiro atoms. The van der Waals surface area contributed by atoms with E-state index in [1.807, 2.05) is 18.2 Å². The molecule has 4 rings (SSSR count). The highest BCUT2D eigenvalue weighted by Gasteiger charge is 2.29. The van der Waals surface area contributed by atoms with Crippen molar-refractivity contribution in [1.29, 1.82) is 0 Å². The summed E-state index contributed by atoms with van der Waals surface area (Å²) in [7, 11) is 0. The van der Waals surface area contributed by atoms with Gasteiger partial charge in [0.15, 0.2) is 0 Å². The van der Waals surface area contributed by atoms with Gasteiger partial charge in [-0.3, -0.25) is 0 Å². The molecule has 1 fully saturated rings. The minimum absolute atomic E-state index is 0.362. The molecule has 102 valence electrons. The number of aromatic amines is 1. The standard InChI is InChI=1S/C15H16N4S/c1-10-16-13(9-20-10)14-7-4-8-19(14)15-17-11-5-2-3-6-12(11)18-15/h2-3,5-6,9,14H,4,7-8H2,1H3,(H,17,18)/t14-/m1/s1. The second kappa shape index (κ2) is 4.59. The van der Waals surface area contributed by atoms with Gasteiger partial charge in [-0.25, -0.2) is 9.97 Å². The van der Waals surface area contributed by atoms with Crippen molar-refractivity contribution in [3.63, 3.8) is 0 Å². The summed E-state index contributed by atoms with van der Waals surface area (Å²) in [5.41, 5.74) is 3.32. The monoisotopic (exact) mass is 284 g/mol. The molecule has 0 amide bonds. The first-order valence-corrected chi connectivity index (χ1v) is 7.82. The summed E-state index contributed by atoms with van der Waals surface area (Å²) in [5.74, 6) is 0.972. The normalized spacial score (nSPS) is 19.1. The quantitative estimate of drug-likeness (QED) is 0.781. The molecule has 0 radical (unpaired) electrons. The molecule has 2 aromatic heterocycles. The summed E-state index contributed by atoms with van der Waals surface area (Å²) < 4.78 is 0. The number of aromatic nitrogens is 3. The van der Waals surface area contributed by atoms with Crippen molar-refractivity contribution >= 4 is 28.3 Å². The maximum atomic E-state index is 4.72. The van der Waals surface area contributed by atoms with E-state index in [1.54, 1.807) is 11.3 Å². The maximum Gasteiger partial charge on any atom is 0.204 e. The second-order valence-corrected chi connectivity index (χ2v) is 6.28. The lowest BCUT2D eigenvalue weighted by Gasteiger charge is -2.22. The van der Waals surface area contributed by atoms with Crippen LogP contribution in [0.5, 0.6) is 0 Å². The fourth-order valence-electron chi connectivity index (χ4n) is 2.94. The number of aryl methyl sites for hydroxylation is 1. The fourth-order valence-corrected chi connectivity index (χ4v) is 3.60. The molecule has 1 saturated heterocycles. The first-order valence-electron chi connectivity index (χ1n) is 6.95. The Hall–Kier alpha value is -1.88. The van der Waals surface area contributed by atoms with Crippen molar-refractivity contribution in [1.82, 2.24) is 15.0 Å². The average Bonchev–Trinajstić information content (AvgIpc) is 3.15. The minimum Gasteiger partial charge on any atom is -0.334 e. The molecule has 4 nitrogen and oxygen atoms in total. The van der Waals surface area contributed by atoms with Crippen LogP contribution in [0.4, 0.5) is 5.95 Å². The topological polar surface area (TPSA) is 44.8 Å². The number of para-hydroxylation sites is 2. The molecule has 0 saturated carbocycles. The Morgan fingerprint density at radius 3 is 3.00 bits per heavy atom. The first-order chi connectivity index (χ1) is 9.81. The SMILES string of the molecule is Cc1nc([C@H]2CCCN2c2nc3ccccc3[nH]2)cs1. The Morgan fingerprint density at radius 2 is 2.20 bits per heavy atom. The molecule has 1 aliphatic heterocycles. The van der Waals surface area contributed by atoms with Crippen LogP contribution < -0.4 is 4.90 Å². The van der Waals surface area contributed by atoms with Crippen molar-refractivity contribution in [3.8, 4) is 0 Å². The molecule has 1 atom stereocenters. The van der Waals surface area contributed by atoms with Gasteiger partial charge in [-0.1, -0.05) is 12.1 Å². The van der Waals surface area contributed by atoms with E-state index in [2.05, 4.69) is 33.2 Å². The highest BCUT2D eigenvalue weighted by molar-refractivity contribution is 7.09. The summed E-state index contributed by atoms with van der Waals surface area (Å²) >= 11 is 1.73. The maximum absolute atomic E-state index is 4.72. The van der Waals surface area contributed by atoms with E-state index >= 15 is 0 Å². The Kier molecular flexibility index (Phi) is 2.73. The van der Waals surface area contributed by atoms with E-state index < -0.39 is 0 Å². The van der Waals surface area contributed by atoms with Gasteiger partial charge in [0.2, 0.25) is 5.95 Å². The van der Waals surface area contributed by atoms with E-state index in [4.69, 9.17) is 4.98 Å². The summed E-state index contributed by atoms with van der Waals surface area (Å²) in [6.45, 7) is 3.11. The van der Waals surface area contributed by atoms with Crippen LogP contribution in [-0.4, -0.2) is 21.5 Å². The van der Waals surface area contributed by atoms with Gasteiger partial charge in [0.05, 0.1) is 27.8 Å². The zero-order chi connectivity index (χ0) is 13.5. The lowest BCUT2D eigenvalue weighted by molar-refractivity contribution is 0.687. The van der Waals surface area contributed by atoms with Gasteiger partial charge >= 0.3 is 0 Å². The third kappa shape index (κ3) is 1.89. The minimum atomic E-state index is 0.362. The van der Waals surface area contributed by atoms with Crippen molar-refractivity contribution in [2.45, 2.75) is 25.8 Å².